The molecule has 3 N–H and O–H groups in total. The molecule has 3 aromatic carbocycles. The highest BCUT2D eigenvalue weighted by molar-refractivity contribution is 7.89. The molecule has 0 aliphatic carbocycles. The van der Waals surface area contributed by atoms with Gasteiger partial charge < -0.3 is 11.1 Å². The zero-order valence-electron chi connectivity index (χ0n) is 18.4. The van der Waals surface area contributed by atoms with Crippen molar-refractivity contribution in [2.24, 2.45) is 5.73 Å². The normalized spacial score (nSPS) is 11.6. The number of benzene rings is 3. The number of nitrogens with one attached hydrogen (secondary N) is 1. The molecule has 4 aromatic rings. The molecule has 33 heavy (non-hydrogen) atoms. The number of fused-ring (bicyclic) bond motifs is 1. The number of sulfonamides is 1. The first-order valence-electron chi connectivity index (χ1n) is 10.1. The zero-order valence-corrected chi connectivity index (χ0v) is 19.2. The van der Waals surface area contributed by atoms with Crippen molar-refractivity contribution in [3.8, 4) is 11.3 Å². The highest BCUT2D eigenvalue weighted by Crippen LogP contribution is 2.33. The lowest BCUT2D eigenvalue weighted by Gasteiger charge is -2.15. The van der Waals surface area contributed by atoms with Crippen LogP contribution in [0.3, 0.4) is 0 Å². The Labute approximate surface area is 192 Å². The van der Waals surface area contributed by atoms with E-state index in [0.29, 0.717) is 28.2 Å². The zero-order chi connectivity index (χ0) is 23.8. The molecular weight excluding hydrogens is 438 g/mol. The summed E-state index contributed by atoms with van der Waals surface area (Å²) in [6.45, 7) is 1.76. The van der Waals surface area contributed by atoms with Gasteiger partial charge in [0.05, 0.1) is 4.90 Å². The third-order valence-corrected chi connectivity index (χ3v) is 7.30. The Morgan fingerprint density at radius 3 is 2.24 bits per heavy atom. The van der Waals surface area contributed by atoms with Crippen LogP contribution in [-0.2, 0) is 10.0 Å². The maximum absolute atomic E-state index is 12.8. The van der Waals surface area contributed by atoms with Gasteiger partial charge >= 0.3 is 0 Å². The smallest absolute Gasteiger partial charge is 0.248 e. The summed E-state index contributed by atoms with van der Waals surface area (Å²) in [5.41, 5.74) is 8.33. The number of primary amides is 1. The highest BCUT2D eigenvalue weighted by Gasteiger charge is 2.21. The number of aromatic nitrogens is 2. The van der Waals surface area contributed by atoms with Gasteiger partial charge in [-0.25, -0.2) is 12.7 Å². The van der Waals surface area contributed by atoms with Crippen LogP contribution in [0.4, 0.5) is 11.5 Å². The first-order chi connectivity index (χ1) is 15.7. The molecule has 0 bridgehead atoms. The molecule has 0 radical (unpaired) electrons. The Balaban J connectivity index is 1.80. The molecule has 0 saturated heterocycles. The lowest BCUT2D eigenvalue weighted by atomic mass is 10.0. The van der Waals surface area contributed by atoms with E-state index in [1.54, 1.807) is 43.3 Å². The second-order valence-electron chi connectivity index (χ2n) is 7.78. The van der Waals surface area contributed by atoms with E-state index >= 15 is 0 Å². The molecule has 8 nitrogen and oxygen atoms in total. The summed E-state index contributed by atoms with van der Waals surface area (Å²) in [6.07, 6.45) is 0. The van der Waals surface area contributed by atoms with E-state index in [1.807, 2.05) is 30.3 Å². The molecule has 1 amide bonds. The van der Waals surface area contributed by atoms with Crippen LogP contribution in [0.5, 0.6) is 0 Å². The Morgan fingerprint density at radius 1 is 0.939 bits per heavy atom. The molecule has 1 heterocycles. The summed E-state index contributed by atoms with van der Waals surface area (Å²) < 4.78 is 26.7. The van der Waals surface area contributed by atoms with Crippen molar-refractivity contribution in [1.29, 1.82) is 0 Å². The lowest BCUT2D eigenvalue weighted by Crippen LogP contribution is -2.23. The number of carbonyl (C=O) groups excluding carboxylic acids is 1. The van der Waals surface area contributed by atoms with Gasteiger partial charge in [-0.2, -0.15) is 0 Å². The quantitative estimate of drug-likeness (QED) is 0.452. The van der Waals surface area contributed by atoms with Crippen LogP contribution in [0, 0.1) is 6.92 Å². The van der Waals surface area contributed by atoms with E-state index in [4.69, 9.17) is 5.73 Å². The summed E-state index contributed by atoms with van der Waals surface area (Å²) in [7, 11) is -0.596. The Bertz CT molecular complexity index is 1470. The predicted molar refractivity (Wildman–Crippen MR) is 129 cm³/mol. The molecule has 9 heteroatoms. The van der Waals surface area contributed by atoms with Crippen molar-refractivity contribution in [1.82, 2.24) is 14.5 Å². The third-order valence-electron chi connectivity index (χ3n) is 5.34. The van der Waals surface area contributed by atoms with Gasteiger partial charge in [-0.1, -0.05) is 36.4 Å². The fraction of sp³-hybridized carbons (Fsp3) is 0.125. The number of rotatable bonds is 6. The molecule has 0 spiro atoms. The average Bonchev–Trinajstić information content (AvgIpc) is 2.80. The summed E-state index contributed by atoms with van der Waals surface area (Å²) in [6, 6.07) is 19.6. The van der Waals surface area contributed by atoms with Crippen LogP contribution in [0.1, 0.15) is 15.9 Å². The van der Waals surface area contributed by atoms with E-state index < -0.39 is 15.9 Å². The van der Waals surface area contributed by atoms with Crippen molar-refractivity contribution in [2.45, 2.75) is 11.8 Å². The molecular formula is C24H23N5O3S. The second-order valence-corrected chi connectivity index (χ2v) is 9.90. The first-order valence-corrected chi connectivity index (χ1v) is 11.6. The van der Waals surface area contributed by atoms with E-state index in [-0.39, 0.29) is 4.90 Å². The maximum Gasteiger partial charge on any atom is 0.248 e. The molecule has 0 saturated carbocycles. The fourth-order valence-electron chi connectivity index (χ4n) is 3.49. The summed E-state index contributed by atoms with van der Waals surface area (Å²) >= 11 is 0. The standard InChI is InChI=1S/C24H23N5O3S/c1-15-8-9-17(14-21(15)33(31,32)29(2)3)22-19-6-4-5-7-20(19)24(28-27-22)26-18-12-10-16(11-13-18)23(25)30/h4-14H,1-3H3,(H2,25,30)(H,26,28). The molecule has 0 aliphatic heterocycles. The van der Waals surface area contributed by atoms with Crippen molar-refractivity contribution in [2.75, 3.05) is 19.4 Å². The summed E-state index contributed by atoms with van der Waals surface area (Å²) in [4.78, 5) is 11.5. The molecule has 168 valence electrons. The van der Waals surface area contributed by atoms with Gasteiger partial charge in [0.1, 0.15) is 5.69 Å². The number of nitrogens with zero attached hydrogens (tertiary/aromatic N) is 3. The second kappa shape index (κ2) is 8.61. The topological polar surface area (TPSA) is 118 Å². The van der Waals surface area contributed by atoms with Crippen LogP contribution in [0.15, 0.2) is 71.6 Å². The van der Waals surface area contributed by atoms with Gasteiger partial charge in [0, 0.05) is 41.7 Å². The first kappa shape index (κ1) is 22.4. The van der Waals surface area contributed by atoms with E-state index in [9.17, 15) is 13.2 Å². The summed E-state index contributed by atoms with van der Waals surface area (Å²) in [5, 5.41) is 13.7. The highest BCUT2D eigenvalue weighted by atomic mass is 32.2. The van der Waals surface area contributed by atoms with Crippen LogP contribution < -0.4 is 11.1 Å². The number of aryl methyl sites for hydroxylation is 1. The number of carbonyl (C=O) groups is 1. The number of anilines is 2. The van der Waals surface area contributed by atoms with Crippen LogP contribution in [-0.4, -0.2) is 42.9 Å². The Morgan fingerprint density at radius 2 is 1.61 bits per heavy atom. The van der Waals surface area contributed by atoms with Gasteiger partial charge in [0.25, 0.3) is 0 Å². The van der Waals surface area contributed by atoms with Crippen molar-refractivity contribution in [3.05, 3.63) is 77.9 Å². The van der Waals surface area contributed by atoms with E-state index in [1.165, 1.54) is 18.4 Å². The van der Waals surface area contributed by atoms with Crippen LogP contribution in [0.2, 0.25) is 0 Å². The van der Waals surface area contributed by atoms with Gasteiger partial charge in [0.15, 0.2) is 5.82 Å². The molecule has 0 aliphatic rings. The van der Waals surface area contributed by atoms with Crippen molar-refractivity contribution in [3.63, 3.8) is 0 Å². The van der Waals surface area contributed by atoms with E-state index in [0.717, 1.165) is 16.5 Å². The lowest BCUT2D eigenvalue weighted by molar-refractivity contribution is 0.100. The molecule has 0 fully saturated rings. The van der Waals surface area contributed by atoms with Gasteiger partial charge in [-0.15, -0.1) is 10.2 Å². The maximum atomic E-state index is 12.8. The number of amides is 1. The van der Waals surface area contributed by atoms with Crippen LogP contribution in [0.25, 0.3) is 22.0 Å². The predicted octanol–water partition coefficient (Wildman–Crippen LogP) is 3.70. The van der Waals surface area contributed by atoms with Gasteiger partial charge in [-0.05, 0) is 42.8 Å². The Kier molecular flexibility index (Phi) is 5.84. The van der Waals surface area contributed by atoms with Crippen molar-refractivity contribution >= 4 is 38.2 Å². The molecule has 0 unspecified atom stereocenters. The Hall–Kier alpha value is -3.82. The minimum absolute atomic E-state index is 0.229. The van der Waals surface area contributed by atoms with Crippen LogP contribution >= 0.6 is 0 Å². The fourth-order valence-corrected chi connectivity index (χ4v) is 4.63. The molecule has 1 aromatic heterocycles. The van der Waals surface area contributed by atoms with Crippen molar-refractivity contribution < 1.29 is 13.2 Å². The van der Waals surface area contributed by atoms with Gasteiger partial charge in [-0.3, -0.25) is 4.79 Å². The monoisotopic (exact) mass is 461 g/mol. The SMILES string of the molecule is Cc1ccc(-c2nnc(Nc3ccc(C(N)=O)cc3)c3ccccc23)cc1S(=O)(=O)N(C)C. The summed E-state index contributed by atoms with van der Waals surface area (Å²) in [5.74, 6) is 0.0410. The number of hydrogen-bond donors (Lipinski definition) is 2. The minimum Gasteiger partial charge on any atom is -0.366 e. The van der Waals surface area contributed by atoms with E-state index in [2.05, 4.69) is 15.5 Å². The largest absolute Gasteiger partial charge is 0.366 e. The average molecular weight is 462 g/mol. The molecule has 4 rings (SSSR count). The molecule has 0 atom stereocenters. The third kappa shape index (κ3) is 4.28. The minimum atomic E-state index is -3.61. The number of hydrogen-bond acceptors (Lipinski definition) is 6. The number of nitrogens with two attached hydrogens (primary N) is 1. The van der Waals surface area contributed by atoms with Gasteiger partial charge in [0.2, 0.25) is 15.9 Å².